The molecule has 2 aliphatic rings. The molecule has 2 fully saturated rings. The van der Waals surface area contributed by atoms with Crippen LogP contribution in [0.3, 0.4) is 0 Å². The molecule has 0 bridgehead atoms. The molecule has 3 rings (SSSR count). The number of thioether (sulfide) groups is 1. The standard InChI is InChI=1S/C20H29N3O6S/c24-13(7-4-5-8-15-19-14(12-30-15)21-20(28)22-19)6-2-1-3-9-18(27)29-23-16(25)10-11-17(23)26/h10-11,14-15,19,25-26H,1-9,12H2,(H2,21,22,28)/t14-,15-,19-/m0/s1. The van der Waals surface area contributed by atoms with Gasteiger partial charge >= 0.3 is 12.0 Å². The van der Waals surface area contributed by atoms with Crippen LogP contribution < -0.4 is 15.5 Å². The Morgan fingerprint density at radius 2 is 1.70 bits per heavy atom. The molecule has 2 amide bonds. The third-order valence-corrected chi connectivity index (χ3v) is 6.97. The Balaban J connectivity index is 1.19. The minimum atomic E-state index is -0.552. The summed E-state index contributed by atoms with van der Waals surface area (Å²) in [7, 11) is 0. The molecule has 1 aromatic heterocycles. The fourth-order valence-corrected chi connectivity index (χ4v) is 5.39. The molecule has 3 atom stereocenters. The van der Waals surface area contributed by atoms with E-state index in [1.165, 1.54) is 12.1 Å². The number of hydrogen-bond acceptors (Lipinski definition) is 7. The molecule has 30 heavy (non-hydrogen) atoms. The fourth-order valence-electron chi connectivity index (χ4n) is 3.85. The molecular weight excluding hydrogens is 410 g/mol. The van der Waals surface area contributed by atoms with Crippen LogP contribution in [0.4, 0.5) is 4.79 Å². The number of Topliss-reactive ketones (excluding diaryl/α,β-unsaturated/α-hetero) is 1. The van der Waals surface area contributed by atoms with Gasteiger partial charge in [-0.3, -0.25) is 4.79 Å². The first-order valence-electron chi connectivity index (χ1n) is 10.4. The van der Waals surface area contributed by atoms with E-state index in [0.717, 1.165) is 37.9 Å². The van der Waals surface area contributed by atoms with Crippen LogP contribution in [0, 0.1) is 0 Å². The molecule has 3 heterocycles. The summed E-state index contributed by atoms with van der Waals surface area (Å²) in [6.45, 7) is 0. The topological polar surface area (TPSA) is 130 Å². The van der Waals surface area contributed by atoms with E-state index in [-0.39, 0.29) is 42.1 Å². The van der Waals surface area contributed by atoms with Gasteiger partial charge in [0.2, 0.25) is 11.8 Å². The van der Waals surface area contributed by atoms with Crippen molar-refractivity contribution in [1.82, 2.24) is 15.4 Å². The van der Waals surface area contributed by atoms with Crippen molar-refractivity contribution >= 4 is 29.5 Å². The number of hydrogen-bond donors (Lipinski definition) is 4. The fraction of sp³-hybridized carbons (Fsp3) is 0.650. The van der Waals surface area contributed by atoms with Gasteiger partial charge in [-0.05, 0) is 25.7 Å². The number of ketones is 1. The summed E-state index contributed by atoms with van der Waals surface area (Å²) in [5.74, 6) is -0.0462. The Kier molecular flexibility index (Phi) is 7.89. The van der Waals surface area contributed by atoms with E-state index in [9.17, 15) is 24.6 Å². The van der Waals surface area contributed by atoms with Crippen LogP contribution in [-0.4, -0.2) is 55.8 Å². The van der Waals surface area contributed by atoms with Crippen LogP contribution in [0.2, 0.25) is 0 Å². The Bertz CT molecular complexity index is 748. The Morgan fingerprint density at radius 1 is 1.03 bits per heavy atom. The van der Waals surface area contributed by atoms with E-state index in [1.807, 2.05) is 11.8 Å². The molecule has 0 aliphatic carbocycles. The van der Waals surface area contributed by atoms with Crippen LogP contribution in [0.25, 0.3) is 0 Å². The summed E-state index contributed by atoms with van der Waals surface area (Å²) in [6, 6.07) is 2.84. The van der Waals surface area contributed by atoms with Crippen molar-refractivity contribution in [2.75, 3.05) is 5.75 Å². The molecule has 0 spiro atoms. The molecule has 9 nitrogen and oxygen atoms in total. The van der Waals surface area contributed by atoms with Crippen LogP contribution in [-0.2, 0) is 9.59 Å². The molecule has 10 heteroatoms. The van der Waals surface area contributed by atoms with E-state index in [4.69, 9.17) is 4.84 Å². The summed E-state index contributed by atoms with van der Waals surface area (Å²) in [4.78, 5) is 40.0. The normalized spacial score (nSPS) is 22.4. The average molecular weight is 440 g/mol. The predicted octanol–water partition coefficient (Wildman–Crippen LogP) is 2.10. The maximum atomic E-state index is 12.0. The first kappa shape index (κ1) is 22.3. The lowest BCUT2D eigenvalue weighted by atomic mass is 10.0. The number of nitrogens with zero attached hydrogens (tertiary/aromatic N) is 1. The number of fused-ring (bicyclic) bond motifs is 1. The minimum Gasteiger partial charge on any atom is -0.492 e. The third kappa shape index (κ3) is 6.07. The molecule has 0 radical (unpaired) electrons. The van der Waals surface area contributed by atoms with Crippen molar-refractivity contribution in [1.29, 1.82) is 0 Å². The van der Waals surface area contributed by atoms with Gasteiger partial charge in [-0.25, -0.2) is 9.59 Å². The Hall–Kier alpha value is -2.36. The molecule has 0 unspecified atom stereocenters. The summed E-state index contributed by atoms with van der Waals surface area (Å²) < 4.78 is 0.674. The highest BCUT2D eigenvalue weighted by atomic mass is 32.2. The lowest BCUT2D eigenvalue weighted by molar-refractivity contribution is -0.145. The van der Waals surface area contributed by atoms with Crippen molar-refractivity contribution in [2.24, 2.45) is 0 Å². The van der Waals surface area contributed by atoms with Crippen molar-refractivity contribution < 1.29 is 29.4 Å². The highest BCUT2D eigenvalue weighted by molar-refractivity contribution is 8.00. The Morgan fingerprint density at radius 3 is 2.43 bits per heavy atom. The van der Waals surface area contributed by atoms with Crippen molar-refractivity contribution in [3.63, 3.8) is 0 Å². The van der Waals surface area contributed by atoms with Crippen molar-refractivity contribution in [3.05, 3.63) is 12.1 Å². The predicted molar refractivity (Wildman–Crippen MR) is 111 cm³/mol. The third-order valence-electron chi connectivity index (χ3n) is 5.46. The molecule has 166 valence electrons. The number of carbonyl (C=O) groups is 3. The van der Waals surface area contributed by atoms with Crippen LogP contribution in [0.1, 0.15) is 57.8 Å². The monoisotopic (exact) mass is 439 g/mol. The minimum absolute atomic E-state index is 0.0697. The quantitative estimate of drug-likeness (QED) is 0.290. The number of unbranched alkanes of at least 4 members (excludes halogenated alkanes) is 3. The second-order valence-corrected chi connectivity index (χ2v) is 9.05. The van der Waals surface area contributed by atoms with Crippen molar-refractivity contribution in [3.8, 4) is 11.8 Å². The Labute approximate surface area is 179 Å². The first-order valence-corrected chi connectivity index (χ1v) is 11.5. The van der Waals surface area contributed by atoms with E-state index < -0.39 is 5.97 Å². The lowest BCUT2D eigenvalue weighted by Gasteiger charge is -2.16. The van der Waals surface area contributed by atoms with Gasteiger partial charge in [-0.15, -0.1) is 4.73 Å². The maximum absolute atomic E-state index is 12.0. The van der Waals surface area contributed by atoms with Gasteiger partial charge in [0.15, 0.2) is 0 Å². The average Bonchev–Trinajstić information content (AvgIpc) is 3.35. The first-order chi connectivity index (χ1) is 14.4. The van der Waals surface area contributed by atoms with Gasteiger partial charge in [0.25, 0.3) is 0 Å². The molecule has 2 saturated heterocycles. The van der Waals surface area contributed by atoms with Crippen LogP contribution >= 0.6 is 11.8 Å². The summed E-state index contributed by atoms with van der Waals surface area (Å²) in [5.41, 5.74) is 0. The number of nitrogens with one attached hydrogen (secondary N) is 2. The summed E-state index contributed by atoms with van der Waals surface area (Å²) >= 11 is 1.89. The molecule has 2 aliphatic heterocycles. The smallest absolute Gasteiger partial charge is 0.333 e. The van der Waals surface area contributed by atoms with Gasteiger partial charge in [0.05, 0.1) is 12.1 Å². The number of rotatable bonds is 12. The molecule has 0 aromatic carbocycles. The SMILES string of the molecule is O=C(CCCCCC(=O)On1c(O)ccc1O)CCCC[C@@H]1SC[C@@H]2NC(=O)N[C@@H]21. The second-order valence-electron chi connectivity index (χ2n) is 7.77. The van der Waals surface area contributed by atoms with E-state index in [2.05, 4.69) is 10.6 Å². The number of aromatic hydroxyl groups is 2. The van der Waals surface area contributed by atoms with Crippen molar-refractivity contribution in [2.45, 2.75) is 75.1 Å². The van der Waals surface area contributed by atoms with Gasteiger partial charge < -0.3 is 25.7 Å². The maximum Gasteiger partial charge on any atom is 0.333 e. The zero-order chi connectivity index (χ0) is 21.5. The number of aromatic nitrogens is 1. The zero-order valence-electron chi connectivity index (χ0n) is 16.8. The van der Waals surface area contributed by atoms with Crippen LogP contribution in [0.5, 0.6) is 11.8 Å². The molecule has 1 aromatic rings. The van der Waals surface area contributed by atoms with E-state index >= 15 is 0 Å². The molecular formula is C20H29N3O6S. The molecule has 4 N–H and O–H groups in total. The number of amides is 2. The van der Waals surface area contributed by atoms with Gasteiger partial charge in [-0.2, -0.15) is 11.8 Å². The summed E-state index contributed by atoms with van der Waals surface area (Å²) in [5, 5.41) is 25.2. The lowest BCUT2D eigenvalue weighted by Crippen LogP contribution is -2.36. The second kappa shape index (κ2) is 10.6. The zero-order valence-corrected chi connectivity index (χ0v) is 17.7. The van der Waals surface area contributed by atoms with Gasteiger partial charge in [-0.1, -0.05) is 12.8 Å². The van der Waals surface area contributed by atoms with E-state index in [0.29, 0.717) is 29.2 Å². The van der Waals surface area contributed by atoms with E-state index in [1.54, 1.807) is 0 Å². The highest BCUT2D eigenvalue weighted by Crippen LogP contribution is 2.33. The van der Waals surface area contributed by atoms with Gasteiger partial charge in [0, 0.05) is 42.4 Å². The largest absolute Gasteiger partial charge is 0.492 e. The highest BCUT2D eigenvalue weighted by Gasteiger charge is 2.42. The van der Waals surface area contributed by atoms with Gasteiger partial charge in [0.1, 0.15) is 5.78 Å². The number of carbonyl (C=O) groups excluding carboxylic acids is 3. The summed E-state index contributed by atoms with van der Waals surface area (Å²) in [6.07, 6.45) is 6.13. The molecule has 0 saturated carbocycles. The van der Waals surface area contributed by atoms with Crippen LogP contribution in [0.15, 0.2) is 12.1 Å². The number of urea groups is 1.